The van der Waals surface area contributed by atoms with E-state index in [1.165, 1.54) is 4.90 Å². The van der Waals surface area contributed by atoms with Crippen molar-refractivity contribution in [1.82, 2.24) is 30.4 Å². The number of hydrogen-bond acceptors (Lipinski definition) is 8. The Kier molecular flexibility index (Phi) is 15.8. The lowest BCUT2D eigenvalue weighted by Gasteiger charge is -2.29. The van der Waals surface area contributed by atoms with Crippen LogP contribution in [0.2, 0.25) is 0 Å². The number of rotatable bonds is 22. The second-order valence-electron chi connectivity index (χ2n) is 12.8. The molecule has 12 heteroatoms. The Balaban J connectivity index is 1.22. The summed E-state index contributed by atoms with van der Waals surface area (Å²) in [7, 11) is 0. The molecular formula is C38H50N6O6. The van der Waals surface area contributed by atoms with Crippen LogP contribution in [0.3, 0.4) is 0 Å². The lowest BCUT2D eigenvalue weighted by Crippen LogP contribution is -2.54. The fourth-order valence-electron chi connectivity index (χ4n) is 6.31. The Morgan fingerprint density at radius 2 is 1.50 bits per heavy atom. The maximum atomic E-state index is 13.6. The summed E-state index contributed by atoms with van der Waals surface area (Å²) < 4.78 is 0. The topological polar surface area (TPSA) is 165 Å². The number of benzene rings is 1. The van der Waals surface area contributed by atoms with Gasteiger partial charge in [0.15, 0.2) is 0 Å². The zero-order chi connectivity index (χ0) is 35.6. The first-order valence-electron chi connectivity index (χ1n) is 17.6. The van der Waals surface area contributed by atoms with Crippen LogP contribution in [0.5, 0.6) is 0 Å². The number of unbranched alkanes of at least 4 members (excludes halogenated alkanes) is 2. The molecule has 0 unspecified atom stereocenters. The molecule has 0 radical (unpaired) electrons. The zero-order valence-corrected chi connectivity index (χ0v) is 28.7. The summed E-state index contributed by atoms with van der Waals surface area (Å²) in [6, 6.07) is 18.6. The fraction of sp³-hybridized carbons (Fsp3) is 0.474. The highest BCUT2D eigenvalue weighted by molar-refractivity contribution is 5.88. The van der Waals surface area contributed by atoms with Crippen LogP contribution < -0.4 is 10.6 Å². The SMILES string of the molecule is O=C(CCCCN(Cc1ccccn1)Cc1ccccn1)NCCCC[C@H](N[C@@H](CCc1ccccc1)C(=O)O)C(=O)N1CCC[C@H]1C(=O)O. The molecule has 1 fully saturated rings. The number of pyridine rings is 2. The molecule has 1 aromatic carbocycles. The molecule has 268 valence electrons. The molecule has 3 heterocycles. The Morgan fingerprint density at radius 3 is 2.12 bits per heavy atom. The molecule has 1 aliphatic rings. The van der Waals surface area contributed by atoms with Crippen LogP contribution in [0.1, 0.15) is 74.7 Å². The highest BCUT2D eigenvalue weighted by Crippen LogP contribution is 2.21. The molecule has 0 aliphatic carbocycles. The predicted octanol–water partition coefficient (Wildman–Crippen LogP) is 4.06. The minimum Gasteiger partial charge on any atom is -0.480 e. The van der Waals surface area contributed by atoms with E-state index in [0.29, 0.717) is 71.1 Å². The first-order chi connectivity index (χ1) is 24.3. The highest BCUT2D eigenvalue weighted by atomic mass is 16.4. The number of aromatic nitrogens is 2. The third-order valence-corrected chi connectivity index (χ3v) is 8.98. The van der Waals surface area contributed by atoms with Gasteiger partial charge in [0.05, 0.1) is 17.4 Å². The third kappa shape index (κ3) is 13.0. The average Bonchev–Trinajstić information content (AvgIpc) is 3.62. The highest BCUT2D eigenvalue weighted by Gasteiger charge is 2.38. The molecule has 1 aliphatic heterocycles. The largest absolute Gasteiger partial charge is 0.480 e. The molecular weight excluding hydrogens is 636 g/mol. The third-order valence-electron chi connectivity index (χ3n) is 8.98. The second-order valence-corrected chi connectivity index (χ2v) is 12.8. The van der Waals surface area contributed by atoms with Crippen molar-refractivity contribution in [1.29, 1.82) is 0 Å². The monoisotopic (exact) mass is 686 g/mol. The van der Waals surface area contributed by atoms with Crippen molar-refractivity contribution >= 4 is 23.8 Å². The Labute approximate surface area is 294 Å². The molecule has 3 atom stereocenters. The van der Waals surface area contributed by atoms with E-state index in [9.17, 15) is 29.4 Å². The molecule has 0 spiro atoms. The van der Waals surface area contributed by atoms with E-state index >= 15 is 0 Å². The van der Waals surface area contributed by atoms with Gasteiger partial charge in [0.25, 0.3) is 0 Å². The molecule has 4 N–H and O–H groups in total. The smallest absolute Gasteiger partial charge is 0.326 e. The first kappa shape index (κ1) is 38.1. The Bertz CT molecular complexity index is 1440. The van der Waals surface area contributed by atoms with Crippen molar-refractivity contribution in [2.45, 2.75) is 95.4 Å². The van der Waals surface area contributed by atoms with Gasteiger partial charge in [-0.1, -0.05) is 42.5 Å². The number of likely N-dealkylation sites (tertiary alicyclic amines) is 1. The van der Waals surface area contributed by atoms with E-state index < -0.39 is 30.1 Å². The van der Waals surface area contributed by atoms with Gasteiger partial charge in [0, 0.05) is 45.0 Å². The first-order valence-corrected chi connectivity index (χ1v) is 17.6. The summed E-state index contributed by atoms with van der Waals surface area (Å²) in [6.45, 7) is 2.94. The van der Waals surface area contributed by atoms with Gasteiger partial charge in [0.1, 0.15) is 12.1 Å². The number of carbonyl (C=O) groups is 4. The number of carboxylic acid groups (broad SMARTS) is 2. The van der Waals surface area contributed by atoms with Gasteiger partial charge in [0.2, 0.25) is 11.8 Å². The predicted molar refractivity (Wildman–Crippen MR) is 189 cm³/mol. The van der Waals surface area contributed by atoms with Crippen LogP contribution in [0.15, 0.2) is 79.1 Å². The van der Waals surface area contributed by atoms with Gasteiger partial charge in [-0.25, -0.2) is 4.79 Å². The maximum Gasteiger partial charge on any atom is 0.326 e. The number of aryl methyl sites for hydroxylation is 1. The summed E-state index contributed by atoms with van der Waals surface area (Å²) in [6.07, 6.45) is 8.79. The quantitative estimate of drug-likeness (QED) is 0.113. The molecule has 50 heavy (non-hydrogen) atoms. The lowest BCUT2D eigenvalue weighted by atomic mass is 10.0. The zero-order valence-electron chi connectivity index (χ0n) is 28.7. The number of nitrogens with one attached hydrogen (secondary N) is 2. The minimum absolute atomic E-state index is 0.0371. The van der Waals surface area contributed by atoms with Gasteiger partial charge in [-0.15, -0.1) is 0 Å². The number of aliphatic carboxylic acids is 2. The second kappa shape index (κ2) is 20.7. The molecule has 2 aromatic heterocycles. The summed E-state index contributed by atoms with van der Waals surface area (Å²) in [5.74, 6) is -2.53. The molecule has 4 rings (SSSR count). The van der Waals surface area contributed by atoms with Crippen LogP contribution in [0, 0.1) is 0 Å². The molecule has 12 nitrogen and oxygen atoms in total. The van der Waals surface area contributed by atoms with Crippen LogP contribution in [-0.4, -0.2) is 91.5 Å². The summed E-state index contributed by atoms with van der Waals surface area (Å²) >= 11 is 0. The molecule has 2 amide bonds. The number of carboxylic acids is 2. The van der Waals surface area contributed by atoms with Gasteiger partial charge >= 0.3 is 11.9 Å². The van der Waals surface area contributed by atoms with Gasteiger partial charge in [-0.3, -0.25) is 34.6 Å². The summed E-state index contributed by atoms with van der Waals surface area (Å²) in [4.78, 5) is 62.8. The van der Waals surface area contributed by atoms with E-state index in [2.05, 4.69) is 25.5 Å². The van der Waals surface area contributed by atoms with E-state index in [0.717, 1.165) is 36.3 Å². The molecule has 1 saturated heterocycles. The molecule has 0 saturated carbocycles. The van der Waals surface area contributed by atoms with Crippen molar-refractivity contribution in [3.63, 3.8) is 0 Å². The van der Waals surface area contributed by atoms with E-state index in [1.807, 2.05) is 66.7 Å². The van der Waals surface area contributed by atoms with Crippen molar-refractivity contribution in [2.75, 3.05) is 19.6 Å². The number of nitrogens with zero attached hydrogens (tertiary/aromatic N) is 4. The van der Waals surface area contributed by atoms with Crippen molar-refractivity contribution < 1.29 is 29.4 Å². The molecule has 0 bridgehead atoms. The number of carbonyl (C=O) groups excluding carboxylic acids is 2. The van der Waals surface area contributed by atoms with Crippen LogP contribution >= 0.6 is 0 Å². The van der Waals surface area contributed by atoms with Gasteiger partial charge in [-0.2, -0.15) is 0 Å². The van der Waals surface area contributed by atoms with Crippen LogP contribution in [0.25, 0.3) is 0 Å². The summed E-state index contributed by atoms with van der Waals surface area (Å²) in [5.41, 5.74) is 2.96. The summed E-state index contributed by atoms with van der Waals surface area (Å²) in [5, 5.41) is 25.7. The fourth-order valence-corrected chi connectivity index (χ4v) is 6.31. The van der Waals surface area contributed by atoms with Gasteiger partial charge < -0.3 is 20.4 Å². The number of hydrogen-bond donors (Lipinski definition) is 4. The Morgan fingerprint density at radius 1 is 0.820 bits per heavy atom. The Hall–Kier alpha value is -4.68. The van der Waals surface area contributed by atoms with Crippen molar-refractivity contribution in [2.24, 2.45) is 0 Å². The molecule has 3 aromatic rings. The van der Waals surface area contributed by atoms with Gasteiger partial charge in [-0.05, 0) is 94.2 Å². The van der Waals surface area contributed by atoms with Crippen molar-refractivity contribution in [3.05, 3.63) is 96.1 Å². The van der Waals surface area contributed by atoms with E-state index in [-0.39, 0.29) is 18.2 Å². The van der Waals surface area contributed by atoms with E-state index in [1.54, 1.807) is 12.4 Å². The standard InChI is InChI=1S/C38H50N6O6/c45-35(19-7-11-25-43(27-30-15-4-8-22-39-30)28-31-16-5-9-23-40-31)41-24-10-6-17-32(36(46)44-26-12-18-34(44)38(49)50)42-33(37(47)48)21-20-29-13-2-1-3-14-29/h1-5,8-9,13-16,22-23,32-34,42H,6-7,10-12,17-21,24-28H2,(H,41,45)(H,47,48)(H,49,50)/t32-,33-,34-/m0/s1. The van der Waals surface area contributed by atoms with E-state index in [4.69, 9.17) is 0 Å². The minimum atomic E-state index is -1.06. The lowest BCUT2D eigenvalue weighted by molar-refractivity contribution is -0.149. The normalized spacial score (nSPS) is 15.5. The van der Waals surface area contributed by atoms with Crippen LogP contribution in [0.4, 0.5) is 0 Å². The maximum absolute atomic E-state index is 13.6. The van der Waals surface area contributed by atoms with Crippen LogP contribution in [-0.2, 0) is 38.7 Å². The van der Waals surface area contributed by atoms with Crippen molar-refractivity contribution in [3.8, 4) is 0 Å². The number of amides is 2. The average molecular weight is 687 g/mol.